The van der Waals surface area contributed by atoms with Gasteiger partial charge in [-0.15, -0.1) is 0 Å². The number of hydrogen-bond donors (Lipinski definition) is 0. The first-order valence-electron chi connectivity index (χ1n) is 2.36. The third kappa shape index (κ3) is 0.577. The zero-order valence-electron chi connectivity index (χ0n) is 4.52. The number of ether oxygens (including phenoxy) is 1. The van der Waals surface area contributed by atoms with Crippen molar-refractivity contribution >= 4 is 0 Å². The zero-order chi connectivity index (χ0) is 6.20. The van der Waals surface area contributed by atoms with Crippen molar-refractivity contribution in [3.8, 4) is 6.07 Å². The van der Waals surface area contributed by atoms with Gasteiger partial charge in [-0.1, -0.05) is 0 Å². The van der Waals surface area contributed by atoms with Crippen LogP contribution in [0.25, 0.3) is 0 Å². The Kier molecular flexibility index (Phi) is 0.983. The Hall–Kier alpha value is -0.620. The molecule has 0 aromatic carbocycles. The van der Waals surface area contributed by atoms with Crippen LogP contribution in [0.15, 0.2) is 0 Å². The summed E-state index contributed by atoms with van der Waals surface area (Å²) in [5.74, 6) is -2.12. The molecule has 8 heavy (non-hydrogen) atoms. The quantitative estimate of drug-likeness (QED) is 0.507. The molecule has 0 radical (unpaired) electrons. The number of rotatable bonds is 1. The van der Waals surface area contributed by atoms with Gasteiger partial charge in [0.05, 0.1) is 6.07 Å². The fraction of sp³-hybridized carbons (Fsp3) is 0.800. The van der Waals surface area contributed by atoms with Gasteiger partial charge >= 0.3 is 0 Å². The van der Waals surface area contributed by atoms with Crippen molar-refractivity contribution in [3.63, 3.8) is 0 Å². The molecule has 44 valence electrons. The van der Waals surface area contributed by atoms with Gasteiger partial charge in [-0.2, -0.15) is 5.26 Å². The highest BCUT2D eigenvalue weighted by Crippen LogP contribution is 2.46. The molecule has 0 aromatic heterocycles. The van der Waals surface area contributed by atoms with Crippen LogP contribution >= 0.6 is 0 Å². The van der Waals surface area contributed by atoms with Crippen molar-refractivity contribution in [3.05, 3.63) is 0 Å². The van der Waals surface area contributed by atoms with Crippen molar-refractivity contribution in [1.29, 1.82) is 5.26 Å². The molecule has 2 nitrogen and oxygen atoms in total. The van der Waals surface area contributed by atoms with Crippen LogP contribution in [-0.4, -0.2) is 13.0 Å². The van der Waals surface area contributed by atoms with Crippen LogP contribution in [0.4, 0.5) is 4.39 Å². The molecule has 0 saturated heterocycles. The second-order valence-corrected chi connectivity index (χ2v) is 1.88. The topological polar surface area (TPSA) is 33.0 Å². The van der Waals surface area contributed by atoms with Gasteiger partial charge in [0.15, 0.2) is 0 Å². The van der Waals surface area contributed by atoms with Crippen LogP contribution in [0.3, 0.4) is 0 Å². The lowest BCUT2D eigenvalue weighted by atomic mass is 10.5. The molecular weight excluding hydrogens is 109 g/mol. The van der Waals surface area contributed by atoms with Crippen molar-refractivity contribution < 1.29 is 9.13 Å². The maximum Gasteiger partial charge on any atom is 0.226 e. The molecule has 1 aliphatic rings. The molecule has 1 saturated carbocycles. The summed E-state index contributed by atoms with van der Waals surface area (Å²) in [7, 11) is 1.28. The van der Waals surface area contributed by atoms with E-state index in [1.54, 1.807) is 6.07 Å². The maximum atomic E-state index is 12.4. The van der Waals surface area contributed by atoms with Gasteiger partial charge in [-0.3, -0.25) is 0 Å². The molecule has 2 unspecified atom stereocenters. The first-order chi connectivity index (χ1) is 3.73. The largest absolute Gasteiger partial charge is 0.348 e. The molecule has 0 N–H and O–H groups in total. The lowest BCUT2D eigenvalue weighted by Gasteiger charge is -1.97. The Bertz CT molecular complexity index is 142. The van der Waals surface area contributed by atoms with Crippen molar-refractivity contribution in [2.45, 2.75) is 12.3 Å². The summed E-state index contributed by atoms with van der Waals surface area (Å²) >= 11 is 0. The van der Waals surface area contributed by atoms with Crippen LogP contribution in [-0.2, 0) is 4.74 Å². The van der Waals surface area contributed by atoms with Gasteiger partial charge in [0.1, 0.15) is 5.92 Å². The minimum absolute atomic E-state index is 0.236. The molecule has 0 bridgehead atoms. The smallest absolute Gasteiger partial charge is 0.226 e. The summed E-state index contributed by atoms with van der Waals surface area (Å²) in [6.45, 7) is 0. The van der Waals surface area contributed by atoms with Gasteiger partial charge in [0.25, 0.3) is 0 Å². The minimum atomic E-state index is -1.60. The van der Waals surface area contributed by atoms with E-state index in [1.807, 2.05) is 0 Å². The zero-order valence-corrected chi connectivity index (χ0v) is 4.52. The molecular formula is C5H6FNO. The number of hydrogen-bond acceptors (Lipinski definition) is 2. The van der Waals surface area contributed by atoms with Crippen LogP contribution in [0.5, 0.6) is 0 Å². The average molecular weight is 115 g/mol. The second-order valence-electron chi connectivity index (χ2n) is 1.88. The summed E-state index contributed by atoms with van der Waals surface area (Å²) in [4.78, 5) is 0. The summed E-state index contributed by atoms with van der Waals surface area (Å²) in [5.41, 5.74) is 0. The SMILES string of the molecule is COC1(F)CC1C#N. The summed E-state index contributed by atoms with van der Waals surface area (Å²) < 4.78 is 16.8. The van der Waals surface area contributed by atoms with Gasteiger partial charge in [0, 0.05) is 13.5 Å². The highest BCUT2D eigenvalue weighted by atomic mass is 19.2. The van der Waals surface area contributed by atoms with Crippen molar-refractivity contribution in [2.75, 3.05) is 7.11 Å². The standard InChI is InChI=1S/C5H6FNO/c1-8-5(6)2-4(5)3-7/h4H,2H2,1H3. The Morgan fingerprint density at radius 1 is 2.00 bits per heavy atom. The predicted octanol–water partition coefficient (Wildman–Crippen LogP) is 0.842. The van der Waals surface area contributed by atoms with E-state index in [-0.39, 0.29) is 6.42 Å². The highest BCUT2D eigenvalue weighted by Gasteiger charge is 2.57. The molecule has 2 atom stereocenters. The predicted molar refractivity (Wildman–Crippen MR) is 24.6 cm³/mol. The minimum Gasteiger partial charge on any atom is -0.348 e. The first-order valence-corrected chi connectivity index (χ1v) is 2.36. The first kappa shape index (κ1) is 5.52. The Balaban J connectivity index is 2.46. The molecule has 1 aliphatic carbocycles. The molecule has 0 amide bonds. The molecule has 1 fully saturated rings. The van der Waals surface area contributed by atoms with E-state index in [1.165, 1.54) is 7.11 Å². The maximum absolute atomic E-state index is 12.4. The van der Waals surface area contributed by atoms with Gasteiger partial charge in [-0.25, -0.2) is 4.39 Å². The number of nitriles is 1. The lowest BCUT2D eigenvalue weighted by molar-refractivity contribution is -0.0390. The Labute approximate surface area is 46.9 Å². The second kappa shape index (κ2) is 1.43. The summed E-state index contributed by atoms with van der Waals surface area (Å²) in [6, 6.07) is 1.78. The van der Waals surface area contributed by atoms with E-state index in [0.717, 1.165) is 0 Å². The number of alkyl halides is 1. The molecule has 0 heterocycles. The highest BCUT2D eigenvalue weighted by molar-refractivity contribution is 5.08. The van der Waals surface area contributed by atoms with Crippen LogP contribution < -0.4 is 0 Å². The van der Waals surface area contributed by atoms with Gasteiger partial charge in [-0.05, 0) is 0 Å². The van der Waals surface area contributed by atoms with E-state index in [2.05, 4.69) is 4.74 Å². The lowest BCUT2D eigenvalue weighted by Crippen LogP contribution is -2.04. The average Bonchev–Trinajstić information content (AvgIpc) is 2.44. The summed E-state index contributed by atoms with van der Waals surface area (Å²) in [5, 5.41) is 8.10. The van der Waals surface area contributed by atoms with Gasteiger partial charge < -0.3 is 4.74 Å². The fourth-order valence-corrected chi connectivity index (χ4v) is 0.587. The Morgan fingerprint density at radius 3 is 2.75 bits per heavy atom. The van der Waals surface area contributed by atoms with E-state index < -0.39 is 11.8 Å². The van der Waals surface area contributed by atoms with Crippen molar-refractivity contribution in [2.24, 2.45) is 5.92 Å². The van der Waals surface area contributed by atoms with Crippen molar-refractivity contribution in [1.82, 2.24) is 0 Å². The summed E-state index contributed by atoms with van der Waals surface area (Å²) in [6.07, 6.45) is 0.236. The molecule has 0 aromatic rings. The van der Waals surface area contributed by atoms with Gasteiger partial charge in [0.2, 0.25) is 5.85 Å². The van der Waals surface area contributed by atoms with E-state index >= 15 is 0 Å². The number of halogens is 1. The Morgan fingerprint density at radius 2 is 2.62 bits per heavy atom. The molecule has 0 aliphatic heterocycles. The van der Waals surface area contributed by atoms with Crippen LogP contribution in [0, 0.1) is 17.2 Å². The van der Waals surface area contributed by atoms with E-state index in [0.29, 0.717) is 0 Å². The van der Waals surface area contributed by atoms with E-state index in [4.69, 9.17) is 5.26 Å². The number of methoxy groups -OCH3 is 1. The van der Waals surface area contributed by atoms with E-state index in [9.17, 15) is 4.39 Å². The third-order valence-corrected chi connectivity index (χ3v) is 1.34. The molecule has 1 rings (SSSR count). The molecule has 0 spiro atoms. The van der Waals surface area contributed by atoms with Crippen LogP contribution in [0.1, 0.15) is 6.42 Å². The third-order valence-electron chi connectivity index (χ3n) is 1.34. The monoisotopic (exact) mass is 115 g/mol. The fourth-order valence-electron chi connectivity index (χ4n) is 0.587. The number of nitrogens with zero attached hydrogens (tertiary/aromatic N) is 1. The normalized spacial score (nSPS) is 43.4. The molecule has 3 heteroatoms. The van der Waals surface area contributed by atoms with Crippen LogP contribution in [0.2, 0.25) is 0 Å².